The highest BCUT2D eigenvalue weighted by molar-refractivity contribution is 8.14. The van der Waals surface area contributed by atoms with Gasteiger partial charge in [-0.15, -0.1) is 0 Å². The summed E-state index contributed by atoms with van der Waals surface area (Å²) in [5, 5.41) is 3.47. The number of fused-ring (bicyclic) bond motifs is 1. The number of carbonyl (C=O) groups is 1. The lowest BCUT2D eigenvalue weighted by Gasteiger charge is -2.33. The Bertz CT molecular complexity index is 394. The topological polar surface area (TPSA) is 66.3 Å². The molecule has 8 heteroatoms. The summed E-state index contributed by atoms with van der Waals surface area (Å²) in [6, 6.07) is 0. The minimum absolute atomic E-state index is 0.294. The molecule has 0 bridgehead atoms. The van der Waals surface area contributed by atoms with Crippen LogP contribution in [0.1, 0.15) is 13.8 Å². The monoisotopic (exact) mass is 276 g/mol. The average Bonchev–Trinajstić information content (AvgIpc) is 2.70. The first kappa shape index (κ1) is 12.7. The number of hydrogen-bond donors (Lipinski definition) is 1. The Morgan fingerprint density at radius 2 is 2.47 bits per heavy atom. The van der Waals surface area contributed by atoms with Gasteiger partial charge in [0.2, 0.25) is 0 Å². The third-order valence-electron chi connectivity index (χ3n) is 2.50. The highest BCUT2D eigenvalue weighted by Crippen LogP contribution is 2.30. The number of hydrogen-bond acceptors (Lipinski definition) is 6. The summed E-state index contributed by atoms with van der Waals surface area (Å²) < 4.78 is 4.02. The summed E-state index contributed by atoms with van der Waals surface area (Å²) in [7, 11) is 1.09. The molecule has 2 aliphatic heterocycles. The summed E-state index contributed by atoms with van der Waals surface area (Å²) in [6.07, 6.45) is -0.529. The third-order valence-corrected chi connectivity index (χ3v) is 5.55. The second-order valence-corrected chi connectivity index (χ2v) is 7.35. The van der Waals surface area contributed by atoms with Crippen molar-refractivity contribution in [1.29, 1.82) is 0 Å². The number of carbonyl (C=O) groups excluding carboxylic acids is 1. The molecule has 2 aliphatic rings. The second-order valence-electron chi connectivity index (χ2n) is 4.15. The number of thioether (sulfide) groups is 1. The van der Waals surface area contributed by atoms with E-state index in [1.807, 2.05) is 13.8 Å². The van der Waals surface area contributed by atoms with E-state index in [4.69, 9.17) is 4.84 Å². The van der Waals surface area contributed by atoms with Gasteiger partial charge in [0.1, 0.15) is 4.87 Å². The maximum Gasteiger partial charge on any atom is 0.433 e. The number of nitrogens with zero attached hydrogens (tertiary/aromatic N) is 3. The van der Waals surface area contributed by atoms with Crippen LogP contribution in [0.2, 0.25) is 0 Å². The lowest BCUT2D eigenvalue weighted by Crippen LogP contribution is -2.42. The zero-order valence-electron chi connectivity index (χ0n) is 10.1. The molecule has 2 rings (SSSR count). The zero-order chi connectivity index (χ0) is 12.5. The molecule has 1 fully saturated rings. The van der Waals surface area contributed by atoms with Gasteiger partial charge in [-0.3, -0.25) is 4.84 Å². The smallest absolute Gasteiger partial charge is 0.340 e. The van der Waals surface area contributed by atoms with Gasteiger partial charge >= 0.3 is 6.09 Å². The van der Waals surface area contributed by atoms with Crippen molar-refractivity contribution in [3.63, 3.8) is 0 Å². The maximum atomic E-state index is 11.0. The summed E-state index contributed by atoms with van der Waals surface area (Å²) in [6.45, 7) is 5.05. The summed E-state index contributed by atoms with van der Waals surface area (Å²) >= 11 is 1.78. The zero-order valence-corrected chi connectivity index (χ0v) is 11.7. The highest BCUT2D eigenvalue weighted by atomic mass is 32.2. The van der Waals surface area contributed by atoms with Crippen LogP contribution in [-0.2, 0) is 15.5 Å². The molecule has 1 unspecified atom stereocenters. The van der Waals surface area contributed by atoms with Crippen LogP contribution < -0.4 is 5.32 Å². The van der Waals surface area contributed by atoms with Gasteiger partial charge in [-0.25, -0.2) is 9.79 Å². The largest absolute Gasteiger partial charge is 0.433 e. The normalized spacial score (nSPS) is 26.4. The standard InChI is InChI=1S/C9H16N4O2S2/c1-9(2)11-7-13(4-5-16-7)6-17(9)12-15-8(14)10-3/h4-6H2,1-3H3,(H,10,14). The summed E-state index contributed by atoms with van der Waals surface area (Å²) in [5.74, 6) is 1.86. The summed E-state index contributed by atoms with van der Waals surface area (Å²) in [4.78, 5) is 22.4. The number of amidine groups is 1. The molecule has 1 N–H and O–H groups in total. The Hall–Kier alpha value is -0.760. The molecule has 0 aromatic rings. The molecule has 0 aliphatic carbocycles. The van der Waals surface area contributed by atoms with Gasteiger partial charge in [0.15, 0.2) is 5.17 Å². The Kier molecular flexibility index (Phi) is 3.62. The Labute approximate surface area is 107 Å². The average molecular weight is 276 g/mol. The van der Waals surface area contributed by atoms with Crippen LogP contribution in [0.3, 0.4) is 0 Å². The molecule has 1 atom stereocenters. The van der Waals surface area contributed by atoms with Crippen molar-refractivity contribution in [1.82, 2.24) is 10.2 Å². The molecule has 1 amide bonds. The van der Waals surface area contributed by atoms with Crippen LogP contribution >= 0.6 is 11.8 Å². The van der Waals surface area contributed by atoms with E-state index in [-0.39, 0.29) is 4.87 Å². The van der Waals surface area contributed by atoms with Crippen molar-refractivity contribution in [3.05, 3.63) is 0 Å². The summed E-state index contributed by atoms with van der Waals surface area (Å²) in [5.41, 5.74) is 0. The molecule has 6 nitrogen and oxygen atoms in total. The number of aliphatic imine (C=N–C) groups is 1. The quantitative estimate of drug-likeness (QED) is 0.730. The highest BCUT2D eigenvalue weighted by Gasteiger charge is 2.35. The van der Waals surface area contributed by atoms with Gasteiger partial charge in [-0.05, 0) is 29.1 Å². The van der Waals surface area contributed by atoms with E-state index in [2.05, 4.69) is 19.7 Å². The van der Waals surface area contributed by atoms with Crippen LogP contribution in [0.4, 0.5) is 4.79 Å². The van der Waals surface area contributed by atoms with Gasteiger partial charge in [-0.1, -0.05) is 11.8 Å². The first-order valence-electron chi connectivity index (χ1n) is 5.31. The fraction of sp³-hybridized carbons (Fsp3) is 0.778. The van der Waals surface area contributed by atoms with Crippen LogP contribution in [0, 0.1) is 0 Å². The van der Waals surface area contributed by atoms with Crippen LogP contribution in [0.5, 0.6) is 0 Å². The van der Waals surface area contributed by atoms with Gasteiger partial charge in [0, 0.05) is 19.3 Å². The minimum Gasteiger partial charge on any atom is -0.340 e. The Morgan fingerprint density at radius 1 is 1.71 bits per heavy atom. The predicted molar refractivity (Wildman–Crippen MR) is 70.9 cm³/mol. The van der Waals surface area contributed by atoms with Crippen molar-refractivity contribution in [2.24, 2.45) is 9.52 Å². The molecule has 0 radical (unpaired) electrons. The fourth-order valence-corrected chi connectivity index (χ4v) is 4.19. The minimum atomic E-state index is -0.529. The lowest BCUT2D eigenvalue weighted by atomic mass is 10.4. The molecule has 2 heterocycles. The molecule has 0 saturated carbocycles. The van der Waals surface area contributed by atoms with E-state index >= 15 is 0 Å². The predicted octanol–water partition coefficient (Wildman–Crippen LogP) is 1.17. The number of nitrogens with one attached hydrogen (secondary N) is 1. The van der Waals surface area contributed by atoms with Crippen molar-refractivity contribution < 1.29 is 9.63 Å². The van der Waals surface area contributed by atoms with Crippen LogP contribution in [0.15, 0.2) is 9.52 Å². The first-order valence-corrected chi connectivity index (χ1v) is 7.65. The van der Waals surface area contributed by atoms with E-state index in [0.29, 0.717) is 0 Å². The van der Waals surface area contributed by atoms with Gasteiger partial charge in [-0.2, -0.15) is 0 Å². The van der Waals surface area contributed by atoms with Crippen molar-refractivity contribution in [2.75, 3.05) is 25.2 Å². The number of amides is 1. The SMILES string of the molecule is CNC(=O)ON=S1CN2CCSC2=NC1(C)C. The van der Waals surface area contributed by atoms with E-state index in [1.165, 1.54) is 7.05 Å². The van der Waals surface area contributed by atoms with Crippen LogP contribution in [0.25, 0.3) is 0 Å². The third kappa shape index (κ3) is 2.74. The molecule has 0 aromatic heterocycles. The van der Waals surface area contributed by atoms with E-state index < -0.39 is 16.8 Å². The molecule has 1 saturated heterocycles. The van der Waals surface area contributed by atoms with Crippen molar-refractivity contribution in [3.8, 4) is 0 Å². The molecule has 17 heavy (non-hydrogen) atoms. The fourth-order valence-electron chi connectivity index (χ4n) is 1.48. The molecule has 0 spiro atoms. The van der Waals surface area contributed by atoms with Crippen LogP contribution in [-0.4, -0.2) is 46.3 Å². The van der Waals surface area contributed by atoms with Gasteiger partial charge < -0.3 is 10.2 Å². The van der Waals surface area contributed by atoms with Gasteiger partial charge in [0.05, 0.1) is 5.88 Å². The van der Waals surface area contributed by atoms with E-state index in [9.17, 15) is 4.79 Å². The molecule has 0 aromatic carbocycles. The first-order chi connectivity index (χ1) is 8.03. The Morgan fingerprint density at radius 3 is 3.18 bits per heavy atom. The lowest BCUT2D eigenvalue weighted by molar-refractivity contribution is 0.155. The van der Waals surface area contributed by atoms with Crippen molar-refractivity contribution >= 4 is 33.7 Å². The second kappa shape index (κ2) is 4.85. The Balaban J connectivity index is 2.16. The van der Waals surface area contributed by atoms with E-state index in [0.717, 1.165) is 23.3 Å². The molecule has 96 valence electrons. The van der Waals surface area contributed by atoms with Gasteiger partial charge in [0.25, 0.3) is 0 Å². The van der Waals surface area contributed by atoms with E-state index in [1.54, 1.807) is 11.8 Å². The maximum absolute atomic E-state index is 11.0. The van der Waals surface area contributed by atoms with Crippen molar-refractivity contribution in [2.45, 2.75) is 18.7 Å². The molecular formula is C9H16N4O2S2. The number of rotatable bonds is 1. The molecular weight excluding hydrogens is 260 g/mol.